The maximum Gasteiger partial charge on any atom is 0.124 e. The third kappa shape index (κ3) is 4.22. The van der Waals surface area contributed by atoms with Gasteiger partial charge in [-0.15, -0.1) is 0 Å². The maximum atomic E-state index is 5.56. The fourth-order valence-electron chi connectivity index (χ4n) is 2.21. The van der Waals surface area contributed by atoms with E-state index in [1.165, 1.54) is 15.4 Å². The van der Waals surface area contributed by atoms with Gasteiger partial charge in [0.05, 0.1) is 7.11 Å². The van der Waals surface area contributed by atoms with E-state index in [-0.39, 0.29) is 6.04 Å². The second kappa shape index (κ2) is 8.05. The highest BCUT2D eigenvalue weighted by atomic mass is 32.2. The van der Waals surface area contributed by atoms with Crippen LogP contribution in [0.25, 0.3) is 0 Å². The third-order valence-corrected chi connectivity index (χ3v) is 4.34. The lowest BCUT2D eigenvalue weighted by Gasteiger charge is -2.20. The van der Waals surface area contributed by atoms with Crippen molar-refractivity contribution in [1.82, 2.24) is 10.3 Å². The minimum Gasteiger partial charge on any atom is -0.496 e. The van der Waals surface area contributed by atoms with Crippen LogP contribution in [0.3, 0.4) is 0 Å². The van der Waals surface area contributed by atoms with Crippen LogP contribution in [0.4, 0.5) is 0 Å². The molecule has 1 aromatic carbocycles. The van der Waals surface area contributed by atoms with E-state index >= 15 is 0 Å². The van der Waals surface area contributed by atoms with Gasteiger partial charge in [0, 0.05) is 33.8 Å². The van der Waals surface area contributed by atoms with Crippen LogP contribution in [0.15, 0.2) is 52.5 Å². The Kier molecular flexibility index (Phi) is 6.08. The topological polar surface area (TPSA) is 34.1 Å². The summed E-state index contributed by atoms with van der Waals surface area (Å²) in [6.45, 7) is 5.36. The van der Waals surface area contributed by atoms with Crippen LogP contribution in [0.1, 0.15) is 31.9 Å². The van der Waals surface area contributed by atoms with Crippen LogP contribution < -0.4 is 10.1 Å². The highest BCUT2D eigenvalue weighted by Gasteiger charge is 2.16. The van der Waals surface area contributed by atoms with E-state index in [4.69, 9.17) is 4.74 Å². The number of nitrogens with one attached hydrogen (secondary N) is 1. The summed E-state index contributed by atoms with van der Waals surface area (Å²) in [5.74, 6) is 0.935. The summed E-state index contributed by atoms with van der Waals surface area (Å²) in [7, 11) is 1.73. The summed E-state index contributed by atoms with van der Waals surface area (Å²) < 4.78 is 5.56. The van der Waals surface area contributed by atoms with Gasteiger partial charge in [-0.25, -0.2) is 0 Å². The zero-order chi connectivity index (χ0) is 15.1. The number of aromatic nitrogens is 1. The molecule has 0 aliphatic heterocycles. The summed E-state index contributed by atoms with van der Waals surface area (Å²) in [6.07, 6.45) is 4.76. The van der Waals surface area contributed by atoms with E-state index in [2.05, 4.69) is 30.2 Å². The molecule has 1 unspecified atom stereocenters. The lowest BCUT2D eigenvalue weighted by molar-refractivity contribution is 0.399. The minimum absolute atomic E-state index is 0.255. The summed E-state index contributed by atoms with van der Waals surface area (Å²) >= 11 is 1.75. The molecule has 4 heteroatoms. The lowest BCUT2D eigenvalue weighted by atomic mass is 10.1. The van der Waals surface area contributed by atoms with E-state index in [1.807, 2.05) is 36.7 Å². The molecule has 0 spiro atoms. The third-order valence-electron chi connectivity index (χ3n) is 3.26. The standard InChI is InChI=1S/C17H22N2OS/c1-4-10-19-13(2)17-15(20-3)6-5-7-16(17)21-14-8-11-18-12-9-14/h5-9,11-13,19H,4,10H2,1-3H3. The molecule has 0 aliphatic rings. The summed E-state index contributed by atoms with van der Waals surface area (Å²) in [5.41, 5.74) is 1.22. The molecule has 1 aromatic heterocycles. The predicted octanol–water partition coefficient (Wildman–Crippen LogP) is 4.30. The molecule has 0 saturated carbocycles. The zero-order valence-corrected chi connectivity index (χ0v) is 13.6. The van der Waals surface area contributed by atoms with E-state index in [0.717, 1.165) is 18.7 Å². The van der Waals surface area contributed by atoms with E-state index in [1.54, 1.807) is 18.9 Å². The molecule has 0 bridgehead atoms. The Labute approximate surface area is 131 Å². The maximum absolute atomic E-state index is 5.56. The van der Waals surface area contributed by atoms with Gasteiger partial charge in [-0.1, -0.05) is 24.8 Å². The molecule has 0 saturated heterocycles. The molecule has 0 amide bonds. The summed E-state index contributed by atoms with van der Waals surface area (Å²) in [6, 6.07) is 10.5. The van der Waals surface area contributed by atoms with E-state index in [0.29, 0.717) is 0 Å². The van der Waals surface area contributed by atoms with Gasteiger partial charge in [-0.3, -0.25) is 4.98 Å². The first kappa shape index (κ1) is 15.9. The van der Waals surface area contributed by atoms with Gasteiger partial charge in [0.1, 0.15) is 5.75 Å². The Hall–Kier alpha value is -1.52. The first-order chi connectivity index (χ1) is 10.3. The number of benzene rings is 1. The molecule has 0 fully saturated rings. The molecule has 1 atom stereocenters. The Balaban J connectivity index is 2.31. The van der Waals surface area contributed by atoms with Crippen molar-refractivity contribution in [3.05, 3.63) is 48.3 Å². The second-order valence-corrected chi connectivity index (χ2v) is 5.95. The fraction of sp³-hybridized carbons (Fsp3) is 0.353. The van der Waals surface area contributed by atoms with Gasteiger partial charge in [0.15, 0.2) is 0 Å². The normalized spacial score (nSPS) is 12.1. The van der Waals surface area contributed by atoms with Gasteiger partial charge in [-0.2, -0.15) is 0 Å². The Morgan fingerprint density at radius 2 is 2.00 bits per heavy atom. The van der Waals surface area contributed by atoms with Gasteiger partial charge in [0.2, 0.25) is 0 Å². The quantitative estimate of drug-likeness (QED) is 0.827. The molecule has 2 rings (SSSR count). The van der Waals surface area contributed by atoms with Gasteiger partial charge < -0.3 is 10.1 Å². The average molecular weight is 302 g/mol. The van der Waals surface area contributed by atoms with Crippen molar-refractivity contribution in [3.63, 3.8) is 0 Å². The number of pyridine rings is 1. The Morgan fingerprint density at radius 3 is 2.67 bits per heavy atom. The Bertz CT molecular complexity index is 560. The van der Waals surface area contributed by atoms with Crippen LogP contribution in [0, 0.1) is 0 Å². The largest absolute Gasteiger partial charge is 0.496 e. The van der Waals surface area contributed by atoms with Crippen LogP contribution in [0.5, 0.6) is 5.75 Å². The summed E-state index contributed by atoms with van der Waals surface area (Å²) in [5, 5.41) is 3.54. The number of ether oxygens (including phenoxy) is 1. The molecule has 3 nitrogen and oxygen atoms in total. The highest BCUT2D eigenvalue weighted by Crippen LogP contribution is 2.38. The van der Waals surface area contributed by atoms with E-state index < -0.39 is 0 Å². The van der Waals surface area contributed by atoms with Crippen molar-refractivity contribution in [2.75, 3.05) is 13.7 Å². The number of rotatable bonds is 7. The van der Waals surface area contributed by atoms with Gasteiger partial charge in [0.25, 0.3) is 0 Å². The molecule has 21 heavy (non-hydrogen) atoms. The number of hydrogen-bond donors (Lipinski definition) is 1. The predicted molar refractivity (Wildman–Crippen MR) is 88.1 cm³/mol. The van der Waals surface area contributed by atoms with Crippen molar-refractivity contribution in [2.24, 2.45) is 0 Å². The molecule has 1 N–H and O–H groups in total. The van der Waals surface area contributed by atoms with Crippen molar-refractivity contribution >= 4 is 11.8 Å². The smallest absolute Gasteiger partial charge is 0.124 e. The second-order valence-electron chi connectivity index (χ2n) is 4.83. The van der Waals surface area contributed by atoms with Crippen LogP contribution in [-0.4, -0.2) is 18.6 Å². The van der Waals surface area contributed by atoms with Crippen molar-refractivity contribution in [3.8, 4) is 5.75 Å². The van der Waals surface area contributed by atoms with Crippen molar-refractivity contribution in [1.29, 1.82) is 0 Å². The number of methoxy groups -OCH3 is 1. The SMILES string of the molecule is CCCNC(C)c1c(OC)cccc1Sc1ccncc1. The first-order valence-electron chi connectivity index (χ1n) is 7.24. The lowest BCUT2D eigenvalue weighted by Crippen LogP contribution is -2.20. The van der Waals surface area contributed by atoms with E-state index in [9.17, 15) is 0 Å². The van der Waals surface area contributed by atoms with Gasteiger partial charge >= 0.3 is 0 Å². The summed E-state index contributed by atoms with van der Waals surface area (Å²) in [4.78, 5) is 6.47. The van der Waals surface area contributed by atoms with Crippen LogP contribution in [-0.2, 0) is 0 Å². The van der Waals surface area contributed by atoms with Gasteiger partial charge in [-0.05, 0) is 44.2 Å². The number of hydrogen-bond acceptors (Lipinski definition) is 4. The highest BCUT2D eigenvalue weighted by molar-refractivity contribution is 7.99. The molecule has 0 radical (unpaired) electrons. The van der Waals surface area contributed by atoms with Crippen LogP contribution in [0.2, 0.25) is 0 Å². The van der Waals surface area contributed by atoms with Crippen molar-refractivity contribution in [2.45, 2.75) is 36.1 Å². The Morgan fingerprint density at radius 1 is 1.24 bits per heavy atom. The molecule has 112 valence electrons. The minimum atomic E-state index is 0.255. The fourth-order valence-corrected chi connectivity index (χ4v) is 3.26. The molecular formula is C17H22N2OS. The average Bonchev–Trinajstić information content (AvgIpc) is 2.53. The van der Waals surface area contributed by atoms with Crippen LogP contribution >= 0.6 is 11.8 Å². The monoisotopic (exact) mass is 302 g/mol. The molecule has 2 aromatic rings. The number of nitrogens with zero attached hydrogens (tertiary/aromatic N) is 1. The van der Waals surface area contributed by atoms with Crippen molar-refractivity contribution < 1.29 is 4.74 Å². The molecular weight excluding hydrogens is 280 g/mol. The first-order valence-corrected chi connectivity index (χ1v) is 8.06. The molecule has 0 aliphatic carbocycles. The molecule has 1 heterocycles. The zero-order valence-electron chi connectivity index (χ0n) is 12.8.